The maximum atomic E-state index is 15.4. The molecule has 2 amide bonds. The Bertz CT molecular complexity index is 1450. The van der Waals surface area contributed by atoms with Crippen LogP contribution in [-0.2, 0) is 10.0 Å². The minimum absolute atomic E-state index is 0.215. The van der Waals surface area contributed by atoms with Gasteiger partial charge < -0.3 is 15.3 Å². The Labute approximate surface area is 246 Å². The number of piperidine rings is 1. The summed E-state index contributed by atoms with van der Waals surface area (Å²) in [6, 6.07) is -0.930. The summed E-state index contributed by atoms with van der Waals surface area (Å²) in [5, 5.41) is 11.1. The van der Waals surface area contributed by atoms with Crippen molar-refractivity contribution >= 4 is 44.8 Å². The second-order valence-corrected chi connectivity index (χ2v) is 13.3. The van der Waals surface area contributed by atoms with Gasteiger partial charge in [0.15, 0.2) is 10.8 Å². The third kappa shape index (κ3) is 7.92. The molecular weight excluding hydrogens is 638 g/mol. The van der Waals surface area contributed by atoms with Crippen LogP contribution in [0.25, 0.3) is 10.4 Å². The number of sulfonamides is 1. The highest BCUT2D eigenvalue weighted by atomic mass is 35.5. The van der Waals surface area contributed by atoms with Gasteiger partial charge >= 0.3 is 6.18 Å². The Morgan fingerprint density at radius 3 is 2.33 bits per heavy atom. The van der Waals surface area contributed by atoms with Crippen molar-refractivity contribution in [1.82, 2.24) is 19.9 Å². The van der Waals surface area contributed by atoms with E-state index >= 15 is 4.39 Å². The monoisotopic (exact) mass is 664 g/mol. The normalized spacial score (nSPS) is 16.8. The van der Waals surface area contributed by atoms with Gasteiger partial charge in [0.25, 0.3) is 17.7 Å². The molecule has 234 valence electrons. The predicted molar refractivity (Wildman–Crippen MR) is 142 cm³/mol. The number of carbonyl (C=O) groups is 2. The highest BCUT2D eigenvalue weighted by molar-refractivity contribution is 7.89. The van der Waals surface area contributed by atoms with E-state index in [4.69, 9.17) is 11.6 Å². The quantitative estimate of drug-likeness (QED) is 0.337. The number of nitrogens with zero attached hydrogens (tertiary/aromatic N) is 2. The molecule has 0 saturated carbocycles. The van der Waals surface area contributed by atoms with E-state index in [-0.39, 0.29) is 35.1 Å². The number of rotatable bonds is 9. The molecule has 0 bridgehead atoms. The maximum absolute atomic E-state index is 15.4. The number of aliphatic hydroxyl groups is 1. The van der Waals surface area contributed by atoms with Gasteiger partial charge in [-0.15, -0.1) is 11.3 Å². The molecular formula is C24H27ClF6N4O5S2. The molecule has 2 aromatic rings. The summed E-state index contributed by atoms with van der Waals surface area (Å²) in [6.45, 7) is 2.96. The standard InChI is InChI=1S/C24H27ClF6N4O5S2/c1-4-14(24(29,30)31)34-42(39,40)13-6-5-12(15(25)16(13)26)18-17(21(37)35-9-7-23(27,28)8-10-35)33-20(41-18)19(36)32-11-22(2,3)38/h5-6,14,34,38H,4,7-11H2,1-3H3,(H,32,36)/t14-/m0/s1. The maximum Gasteiger partial charge on any atom is 0.404 e. The molecule has 1 aliphatic rings. The van der Waals surface area contributed by atoms with Crippen LogP contribution in [0, 0.1) is 5.82 Å². The molecule has 1 saturated heterocycles. The van der Waals surface area contributed by atoms with Crippen LogP contribution < -0.4 is 10.0 Å². The number of benzene rings is 1. The Morgan fingerprint density at radius 1 is 1.21 bits per heavy atom. The van der Waals surface area contributed by atoms with Crippen molar-refractivity contribution < 1.29 is 49.5 Å². The minimum atomic E-state index is -5.07. The zero-order valence-electron chi connectivity index (χ0n) is 22.4. The van der Waals surface area contributed by atoms with Crippen LogP contribution in [0.2, 0.25) is 5.02 Å². The van der Waals surface area contributed by atoms with Crippen molar-refractivity contribution in [3.63, 3.8) is 0 Å². The van der Waals surface area contributed by atoms with Crippen molar-refractivity contribution in [3.05, 3.63) is 33.7 Å². The molecule has 42 heavy (non-hydrogen) atoms. The number of hydrogen-bond donors (Lipinski definition) is 3. The van der Waals surface area contributed by atoms with Crippen molar-refractivity contribution in [1.29, 1.82) is 0 Å². The fraction of sp³-hybridized carbons (Fsp3) is 0.542. The van der Waals surface area contributed by atoms with Crippen molar-refractivity contribution in [2.75, 3.05) is 19.6 Å². The average molecular weight is 665 g/mol. The first kappa shape index (κ1) is 34.0. The van der Waals surface area contributed by atoms with Gasteiger partial charge in [0.1, 0.15) is 16.6 Å². The first-order valence-electron chi connectivity index (χ1n) is 12.4. The number of thiazole rings is 1. The molecule has 1 aromatic carbocycles. The molecule has 3 N–H and O–H groups in total. The number of amides is 2. The lowest BCUT2D eigenvalue weighted by Gasteiger charge is -2.31. The van der Waals surface area contributed by atoms with Crippen LogP contribution in [0.4, 0.5) is 26.3 Å². The molecule has 0 unspecified atom stereocenters. The number of alkyl halides is 5. The zero-order valence-corrected chi connectivity index (χ0v) is 24.8. The fourth-order valence-corrected chi connectivity index (χ4v) is 6.61. The number of carbonyl (C=O) groups excluding carboxylic acids is 2. The van der Waals surface area contributed by atoms with Crippen LogP contribution >= 0.6 is 22.9 Å². The summed E-state index contributed by atoms with van der Waals surface area (Å²) >= 11 is 6.69. The Hall–Kier alpha value is -2.47. The first-order chi connectivity index (χ1) is 19.2. The number of likely N-dealkylation sites (tertiary alicyclic amines) is 1. The van der Waals surface area contributed by atoms with Gasteiger partial charge in [0, 0.05) is 38.0 Å². The molecule has 1 aromatic heterocycles. The molecule has 1 fully saturated rings. The fourth-order valence-electron chi connectivity index (χ4n) is 3.85. The van der Waals surface area contributed by atoms with E-state index in [2.05, 4.69) is 10.3 Å². The molecule has 1 atom stereocenters. The Morgan fingerprint density at radius 2 is 1.81 bits per heavy atom. The van der Waals surface area contributed by atoms with Gasteiger partial charge in [-0.2, -0.15) is 17.9 Å². The smallest absolute Gasteiger partial charge is 0.389 e. The van der Waals surface area contributed by atoms with E-state index in [0.29, 0.717) is 17.4 Å². The lowest BCUT2D eigenvalue weighted by Crippen LogP contribution is -2.45. The molecule has 3 rings (SSSR count). The molecule has 0 radical (unpaired) electrons. The largest absolute Gasteiger partial charge is 0.404 e. The molecule has 1 aliphatic heterocycles. The van der Waals surface area contributed by atoms with Gasteiger partial charge in [-0.25, -0.2) is 26.6 Å². The summed E-state index contributed by atoms with van der Waals surface area (Å²) < 4.78 is 109. The topological polar surface area (TPSA) is 129 Å². The van der Waals surface area contributed by atoms with Crippen molar-refractivity contribution in [2.24, 2.45) is 0 Å². The van der Waals surface area contributed by atoms with Crippen LogP contribution in [0.5, 0.6) is 0 Å². The minimum Gasteiger partial charge on any atom is -0.389 e. The van der Waals surface area contributed by atoms with E-state index in [1.165, 1.54) is 18.6 Å². The van der Waals surface area contributed by atoms with E-state index in [0.717, 1.165) is 17.9 Å². The second-order valence-electron chi connectivity index (χ2n) is 10.2. The van der Waals surface area contributed by atoms with Crippen LogP contribution in [0.15, 0.2) is 17.0 Å². The number of nitrogens with one attached hydrogen (secondary N) is 2. The number of halogens is 7. The predicted octanol–water partition coefficient (Wildman–Crippen LogP) is 4.59. The van der Waals surface area contributed by atoms with E-state index in [1.54, 1.807) is 0 Å². The van der Waals surface area contributed by atoms with Gasteiger partial charge in [0.2, 0.25) is 10.0 Å². The van der Waals surface area contributed by atoms with E-state index in [1.807, 2.05) is 0 Å². The summed E-state index contributed by atoms with van der Waals surface area (Å²) in [4.78, 5) is 29.7. The lowest BCUT2D eigenvalue weighted by molar-refractivity contribution is -0.151. The van der Waals surface area contributed by atoms with E-state index in [9.17, 15) is 45.1 Å². The summed E-state index contributed by atoms with van der Waals surface area (Å²) in [7, 11) is -5.07. The first-order valence-corrected chi connectivity index (χ1v) is 15.1. The highest BCUT2D eigenvalue weighted by Crippen LogP contribution is 2.40. The van der Waals surface area contributed by atoms with Crippen LogP contribution in [0.1, 0.15) is 60.3 Å². The van der Waals surface area contributed by atoms with E-state index < -0.39 is 86.3 Å². The van der Waals surface area contributed by atoms with Crippen LogP contribution in [-0.4, -0.2) is 78.6 Å². The number of hydrogen-bond acceptors (Lipinski definition) is 7. The van der Waals surface area contributed by atoms with Gasteiger partial charge in [-0.3, -0.25) is 9.59 Å². The van der Waals surface area contributed by atoms with Crippen molar-refractivity contribution in [3.8, 4) is 10.4 Å². The second kappa shape index (κ2) is 12.3. The third-order valence-electron chi connectivity index (χ3n) is 6.17. The third-order valence-corrected chi connectivity index (χ3v) is 9.12. The Kier molecular flexibility index (Phi) is 9.93. The zero-order chi connectivity index (χ0) is 31.8. The number of aromatic nitrogens is 1. The Balaban J connectivity index is 2.07. The summed E-state index contributed by atoms with van der Waals surface area (Å²) in [5.41, 5.74) is -2.10. The summed E-state index contributed by atoms with van der Waals surface area (Å²) in [5.74, 6) is -6.35. The van der Waals surface area contributed by atoms with Crippen LogP contribution in [0.3, 0.4) is 0 Å². The highest BCUT2D eigenvalue weighted by Gasteiger charge is 2.42. The molecule has 9 nitrogen and oxygen atoms in total. The SMILES string of the molecule is CC[C@H](NS(=O)(=O)c1ccc(-c2sc(C(=O)NCC(C)(C)O)nc2C(=O)N2CCC(F)(F)CC2)c(Cl)c1F)C(F)(F)F. The molecule has 0 aliphatic carbocycles. The van der Waals surface area contributed by atoms with Crippen molar-refractivity contribution in [2.45, 2.75) is 68.7 Å². The summed E-state index contributed by atoms with van der Waals surface area (Å²) in [6.07, 6.45) is -6.91. The lowest BCUT2D eigenvalue weighted by atomic mass is 10.1. The average Bonchev–Trinajstić information content (AvgIpc) is 3.31. The van der Waals surface area contributed by atoms with Gasteiger partial charge in [-0.1, -0.05) is 24.6 Å². The molecule has 18 heteroatoms. The molecule has 2 heterocycles. The van der Waals surface area contributed by atoms with Gasteiger partial charge in [-0.05, 0) is 26.3 Å². The van der Waals surface area contributed by atoms with Gasteiger partial charge in [0.05, 0.1) is 15.5 Å². The molecule has 0 spiro atoms.